The Labute approximate surface area is 96.4 Å². The molecule has 0 aliphatic heterocycles. The first-order valence-corrected chi connectivity index (χ1v) is 5.74. The molecule has 0 nitrogen and oxygen atoms in total. The highest BCUT2D eigenvalue weighted by atomic mass is 127. The van der Waals surface area contributed by atoms with E-state index < -0.39 is 0 Å². The van der Waals surface area contributed by atoms with Crippen molar-refractivity contribution in [2.75, 3.05) is 0 Å². The molecule has 0 spiro atoms. The first-order chi connectivity index (χ1) is 5.65. The van der Waals surface area contributed by atoms with Gasteiger partial charge in [0, 0.05) is 14.0 Å². The van der Waals surface area contributed by atoms with Crippen LogP contribution in [0.2, 0.25) is 10.0 Å². The Morgan fingerprint density at radius 3 is 2.58 bits per heavy atom. The van der Waals surface area contributed by atoms with Crippen molar-refractivity contribution in [2.45, 2.75) is 17.3 Å². The Morgan fingerprint density at radius 1 is 1.42 bits per heavy atom. The highest BCUT2D eigenvalue weighted by molar-refractivity contribution is 14.1. The number of hydrogen-bond acceptors (Lipinski definition) is 0. The van der Waals surface area contributed by atoms with Crippen LogP contribution in [0.15, 0.2) is 18.2 Å². The van der Waals surface area contributed by atoms with Gasteiger partial charge in [0.1, 0.15) is 0 Å². The molecule has 0 aliphatic carbocycles. The van der Waals surface area contributed by atoms with Gasteiger partial charge in [0.2, 0.25) is 0 Å². The van der Waals surface area contributed by atoms with Gasteiger partial charge in [-0.25, -0.2) is 0 Å². The number of hydrogen-bond donors (Lipinski definition) is 0. The summed E-state index contributed by atoms with van der Waals surface area (Å²) < 4.78 is 0.479. The number of rotatable bonds is 2. The van der Waals surface area contributed by atoms with Crippen molar-refractivity contribution in [2.24, 2.45) is 0 Å². The normalized spacial score (nSPS) is 13.0. The van der Waals surface area contributed by atoms with Gasteiger partial charge in [-0.05, 0) is 24.1 Å². The molecule has 1 rings (SSSR count). The highest BCUT2D eigenvalue weighted by Crippen LogP contribution is 2.33. The van der Waals surface area contributed by atoms with Crippen molar-refractivity contribution in [3.8, 4) is 0 Å². The second-order valence-corrected chi connectivity index (χ2v) is 4.89. The quantitative estimate of drug-likeness (QED) is 0.539. The van der Waals surface area contributed by atoms with Crippen molar-refractivity contribution in [3.63, 3.8) is 0 Å². The molecular weight excluding hydrogens is 306 g/mol. The van der Waals surface area contributed by atoms with Crippen LogP contribution in [0.25, 0.3) is 0 Å². The van der Waals surface area contributed by atoms with Gasteiger partial charge in [-0.2, -0.15) is 0 Å². The zero-order valence-electron chi connectivity index (χ0n) is 6.65. The smallest absolute Gasteiger partial charge is 0.0463 e. The van der Waals surface area contributed by atoms with Crippen molar-refractivity contribution in [3.05, 3.63) is 33.8 Å². The minimum absolute atomic E-state index is 0.479. The molecule has 1 unspecified atom stereocenters. The summed E-state index contributed by atoms with van der Waals surface area (Å²) in [5.41, 5.74) is 1.17. The largest absolute Gasteiger partial charge is 0.0843 e. The SMILES string of the molecule is CCC(I)c1ccc(Cl)cc1Cl. The molecular formula is C9H9Cl2I. The Balaban J connectivity index is 3.01. The Morgan fingerprint density at radius 2 is 2.08 bits per heavy atom. The molecule has 0 amide bonds. The zero-order valence-corrected chi connectivity index (χ0v) is 10.3. The number of alkyl halides is 1. The van der Waals surface area contributed by atoms with Gasteiger partial charge in [-0.15, -0.1) is 0 Å². The molecule has 0 saturated heterocycles. The third kappa shape index (κ3) is 2.51. The van der Waals surface area contributed by atoms with E-state index in [0.29, 0.717) is 8.95 Å². The van der Waals surface area contributed by atoms with E-state index in [4.69, 9.17) is 23.2 Å². The van der Waals surface area contributed by atoms with E-state index in [9.17, 15) is 0 Å². The molecule has 0 bridgehead atoms. The molecule has 0 aromatic heterocycles. The van der Waals surface area contributed by atoms with Crippen LogP contribution < -0.4 is 0 Å². The molecule has 12 heavy (non-hydrogen) atoms. The third-order valence-electron chi connectivity index (χ3n) is 1.66. The number of benzene rings is 1. The molecule has 0 radical (unpaired) electrons. The Bertz CT molecular complexity index is 273. The topological polar surface area (TPSA) is 0 Å². The van der Waals surface area contributed by atoms with Crippen LogP contribution >= 0.6 is 45.8 Å². The van der Waals surface area contributed by atoms with Crippen LogP contribution in [-0.2, 0) is 0 Å². The molecule has 0 saturated carbocycles. The maximum Gasteiger partial charge on any atom is 0.0463 e. The minimum atomic E-state index is 0.479. The third-order valence-corrected chi connectivity index (χ3v) is 3.77. The van der Waals surface area contributed by atoms with Crippen molar-refractivity contribution in [1.29, 1.82) is 0 Å². The minimum Gasteiger partial charge on any atom is -0.0843 e. The predicted octanol–water partition coefficient (Wildman–Crippen LogP) is 4.88. The molecule has 66 valence electrons. The molecule has 1 atom stereocenters. The summed E-state index contributed by atoms with van der Waals surface area (Å²) in [5.74, 6) is 0. The van der Waals surface area contributed by atoms with E-state index in [1.54, 1.807) is 6.07 Å². The second kappa shape index (κ2) is 4.68. The lowest BCUT2D eigenvalue weighted by molar-refractivity contribution is 0.928. The van der Waals surface area contributed by atoms with E-state index in [1.165, 1.54) is 5.56 Å². The lowest BCUT2D eigenvalue weighted by Crippen LogP contribution is -1.88. The standard InChI is InChI=1S/C9H9Cl2I/c1-2-9(12)7-4-3-6(10)5-8(7)11/h3-5,9H,2H2,1H3. The summed E-state index contributed by atoms with van der Waals surface area (Å²) in [5, 5.41) is 1.47. The summed E-state index contributed by atoms with van der Waals surface area (Å²) >= 11 is 14.2. The maximum absolute atomic E-state index is 6.01. The lowest BCUT2D eigenvalue weighted by Gasteiger charge is -2.09. The Kier molecular flexibility index (Phi) is 4.14. The van der Waals surface area contributed by atoms with Gasteiger partial charge in [0.25, 0.3) is 0 Å². The van der Waals surface area contributed by atoms with Gasteiger partial charge in [-0.3, -0.25) is 0 Å². The van der Waals surface area contributed by atoms with Gasteiger partial charge in [0.15, 0.2) is 0 Å². The van der Waals surface area contributed by atoms with Gasteiger partial charge in [-0.1, -0.05) is 58.8 Å². The van der Waals surface area contributed by atoms with E-state index in [-0.39, 0.29) is 0 Å². The average molecular weight is 315 g/mol. The summed E-state index contributed by atoms with van der Waals surface area (Å²) in [6.07, 6.45) is 1.09. The summed E-state index contributed by atoms with van der Waals surface area (Å²) in [6.45, 7) is 2.14. The van der Waals surface area contributed by atoms with E-state index in [1.807, 2.05) is 12.1 Å². The van der Waals surface area contributed by atoms with Gasteiger partial charge < -0.3 is 0 Å². The fraction of sp³-hybridized carbons (Fsp3) is 0.333. The predicted molar refractivity (Wildman–Crippen MR) is 63.5 cm³/mol. The van der Waals surface area contributed by atoms with Crippen LogP contribution in [0.1, 0.15) is 22.8 Å². The van der Waals surface area contributed by atoms with Crippen LogP contribution in [0.4, 0.5) is 0 Å². The first kappa shape index (κ1) is 10.6. The summed E-state index contributed by atoms with van der Waals surface area (Å²) in [4.78, 5) is 0. The molecule has 0 aliphatic rings. The van der Waals surface area contributed by atoms with Gasteiger partial charge in [0.05, 0.1) is 0 Å². The molecule has 0 fully saturated rings. The maximum atomic E-state index is 6.01. The Hall–Kier alpha value is 0.530. The zero-order chi connectivity index (χ0) is 9.14. The number of halogens is 3. The second-order valence-electron chi connectivity index (χ2n) is 2.54. The van der Waals surface area contributed by atoms with Crippen LogP contribution in [0.5, 0.6) is 0 Å². The molecule has 0 heterocycles. The highest BCUT2D eigenvalue weighted by Gasteiger charge is 2.08. The van der Waals surface area contributed by atoms with E-state index in [2.05, 4.69) is 29.5 Å². The molecule has 1 aromatic carbocycles. The monoisotopic (exact) mass is 314 g/mol. The van der Waals surface area contributed by atoms with Crippen LogP contribution in [0.3, 0.4) is 0 Å². The van der Waals surface area contributed by atoms with Crippen molar-refractivity contribution in [1.82, 2.24) is 0 Å². The summed E-state index contributed by atoms with van der Waals surface area (Å²) in [7, 11) is 0. The van der Waals surface area contributed by atoms with Crippen molar-refractivity contribution < 1.29 is 0 Å². The van der Waals surface area contributed by atoms with Crippen LogP contribution in [-0.4, -0.2) is 0 Å². The van der Waals surface area contributed by atoms with Crippen LogP contribution in [0, 0.1) is 0 Å². The lowest BCUT2D eigenvalue weighted by atomic mass is 10.1. The van der Waals surface area contributed by atoms with Gasteiger partial charge >= 0.3 is 0 Å². The summed E-state index contributed by atoms with van der Waals surface area (Å²) in [6, 6.07) is 5.66. The molecule has 0 N–H and O–H groups in total. The molecule has 3 heteroatoms. The first-order valence-electron chi connectivity index (χ1n) is 3.74. The van der Waals surface area contributed by atoms with E-state index in [0.717, 1.165) is 11.4 Å². The molecule has 1 aromatic rings. The van der Waals surface area contributed by atoms with Crippen molar-refractivity contribution >= 4 is 45.8 Å². The fourth-order valence-electron chi connectivity index (χ4n) is 0.975. The van der Waals surface area contributed by atoms with E-state index >= 15 is 0 Å². The average Bonchev–Trinajstić information content (AvgIpc) is 2.03. The fourth-order valence-corrected chi connectivity index (χ4v) is 2.24.